The van der Waals surface area contributed by atoms with Gasteiger partial charge in [0.15, 0.2) is 0 Å². The Bertz CT molecular complexity index is 161. The summed E-state index contributed by atoms with van der Waals surface area (Å²) in [6.45, 7) is 7.29. The van der Waals surface area contributed by atoms with Gasteiger partial charge in [0.05, 0.1) is 0 Å². The van der Waals surface area contributed by atoms with Crippen LogP contribution in [-0.4, -0.2) is 0 Å². The Labute approximate surface area is 76.7 Å². The largest absolute Gasteiger partial charge is 0.0651 e. The maximum atomic E-state index is 2.48. The van der Waals surface area contributed by atoms with Crippen molar-refractivity contribution in [1.82, 2.24) is 0 Å². The first-order chi connectivity index (χ1) is 5.72. The molecule has 70 valence electrons. The van der Waals surface area contributed by atoms with Crippen LogP contribution in [0.3, 0.4) is 0 Å². The van der Waals surface area contributed by atoms with Crippen LogP contribution in [0.25, 0.3) is 0 Å². The van der Waals surface area contributed by atoms with E-state index in [0.717, 1.165) is 29.6 Å². The summed E-state index contributed by atoms with van der Waals surface area (Å²) in [5, 5.41) is 0. The summed E-state index contributed by atoms with van der Waals surface area (Å²) in [7, 11) is 0. The highest BCUT2D eigenvalue weighted by Crippen LogP contribution is 2.52. The summed E-state index contributed by atoms with van der Waals surface area (Å²) in [5.74, 6) is 5.32. The molecule has 4 unspecified atom stereocenters. The molecule has 0 aromatic heterocycles. The van der Waals surface area contributed by atoms with Gasteiger partial charge in [-0.15, -0.1) is 0 Å². The Balaban J connectivity index is 2.01. The third-order valence-corrected chi connectivity index (χ3v) is 4.67. The zero-order valence-electron chi connectivity index (χ0n) is 8.72. The van der Waals surface area contributed by atoms with Crippen LogP contribution in [0.4, 0.5) is 0 Å². The van der Waals surface area contributed by atoms with Gasteiger partial charge in [0, 0.05) is 0 Å². The lowest BCUT2D eigenvalue weighted by Crippen LogP contribution is -2.09. The summed E-state index contributed by atoms with van der Waals surface area (Å²) in [6, 6.07) is 0. The highest BCUT2D eigenvalue weighted by Gasteiger charge is 2.43. The molecule has 2 aliphatic rings. The van der Waals surface area contributed by atoms with Crippen LogP contribution in [0.2, 0.25) is 0 Å². The van der Waals surface area contributed by atoms with Crippen LogP contribution in [0.15, 0.2) is 0 Å². The number of fused-ring (bicyclic) bond motifs is 1. The van der Waals surface area contributed by atoms with E-state index in [0.29, 0.717) is 0 Å². The second-order valence-corrected chi connectivity index (χ2v) is 5.24. The lowest BCUT2D eigenvalue weighted by Gasteiger charge is -2.17. The van der Waals surface area contributed by atoms with Gasteiger partial charge in [-0.05, 0) is 48.9 Å². The van der Waals surface area contributed by atoms with E-state index < -0.39 is 0 Å². The predicted molar refractivity (Wildman–Crippen MR) is 52.9 cm³/mol. The van der Waals surface area contributed by atoms with E-state index in [2.05, 4.69) is 20.8 Å². The van der Waals surface area contributed by atoms with E-state index in [1.165, 1.54) is 12.8 Å². The van der Waals surface area contributed by atoms with Crippen LogP contribution in [-0.2, 0) is 0 Å². The van der Waals surface area contributed by atoms with E-state index in [4.69, 9.17) is 0 Å². The van der Waals surface area contributed by atoms with Crippen molar-refractivity contribution in [3.8, 4) is 0 Å². The molecule has 5 atom stereocenters. The molecule has 0 amide bonds. The molecule has 0 radical (unpaired) electrons. The Morgan fingerprint density at radius 3 is 2.42 bits per heavy atom. The summed E-state index contributed by atoms with van der Waals surface area (Å²) in [6.07, 6.45) is 6.05. The second-order valence-electron chi connectivity index (χ2n) is 5.24. The van der Waals surface area contributed by atoms with E-state index in [1.54, 1.807) is 12.8 Å². The fraction of sp³-hybridized carbons (Fsp3) is 1.00. The Morgan fingerprint density at radius 1 is 1.08 bits per heavy atom. The first kappa shape index (κ1) is 8.59. The topological polar surface area (TPSA) is 0 Å². The van der Waals surface area contributed by atoms with E-state index >= 15 is 0 Å². The minimum atomic E-state index is 1.01. The second kappa shape index (κ2) is 3.05. The maximum absolute atomic E-state index is 2.48. The lowest BCUT2D eigenvalue weighted by molar-refractivity contribution is 0.326. The molecule has 0 heteroatoms. The van der Waals surface area contributed by atoms with Gasteiger partial charge in [-0.1, -0.05) is 27.2 Å². The quantitative estimate of drug-likeness (QED) is 0.557. The Morgan fingerprint density at radius 2 is 1.83 bits per heavy atom. The highest BCUT2D eigenvalue weighted by molar-refractivity contribution is 4.93. The van der Waals surface area contributed by atoms with Gasteiger partial charge >= 0.3 is 0 Å². The summed E-state index contributed by atoms with van der Waals surface area (Å²) in [4.78, 5) is 0. The van der Waals surface area contributed by atoms with Gasteiger partial charge < -0.3 is 0 Å². The van der Waals surface area contributed by atoms with Crippen molar-refractivity contribution in [2.24, 2.45) is 29.6 Å². The summed E-state index contributed by atoms with van der Waals surface area (Å²) >= 11 is 0. The molecule has 12 heavy (non-hydrogen) atoms. The molecule has 0 spiro atoms. The zero-order valence-corrected chi connectivity index (χ0v) is 8.72. The predicted octanol–water partition coefficient (Wildman–Crippen LogP) is 3.71. The van der Waals surface area contributed by atoms with Gasteiger partial charge in [0.1, 0.15) is 0 Å². The van der Waals surface area contributed by atoms with Crippen LogP contribution in [0.5, 0.6) is 0 Å². The molecule has 0 aromatic carbocycles. The third-order valence-electron chi connectivity index (χ3n) is 4.67. The monoisotopic (exact) mass is 166 g/mol. The average Bonchev–Trinajstić information content (AvgIpc) is 2.55. The minimum Gasteiger partial charge on any atom is -0.0651 e. The van der Waals surface area contributed by atoms with Crippen LogP contribution in [0, 0.1) is 29.6 Å². The smallest absolute Gasteiger partial charge is 0.0355 e. The summed E-state index contributed by atoms with van der Waals surface area (Å²) < 4.78 is 0. The fourth-order valence-electron chi connectivity index (χ4n) is 3.64. The molecule has 0 saturated heterocycles. The van der Waals surface area contributed by atoms with Crippen molar-refractivity contribution in [2.75, 3.05) is 0 Å². The molecule has 0 heterocycles. The van der Waals surface area contributed by atoms with Crippen molar-refractivity contribution in [1.29, 1.82) is 0 Å². The highest BCUT2D eigenvalue weighted by atomic mass is 14.5. The molecule has 0 N–H and O–H groups in total. The van der Waals surface area contributed by atoms with Gasteiger partial charge in [-0.25, -0.2) is 0 Å². The number of rotatable bonds is 1. The van der Waals surface area contributed by atoms with Gasteiger partial charge in [-0.2, -0.15) is 0 Å². The maximum Gasteiger partial charge on any atom is -0.0355 e. The first-order valence-corrected chi connectivity index (χ1v) is 5.72. The van der Waals surface area contributed by atoms with Crippen LogP contribution < -0.4 is 0 Å². The third kappa shape index (κ3) is 1.20. The average molecular weight is 166 g/mol. The molecule has 0 aromatic rings. The standard InChI is InChI=1S/C12H22/c1-4-10-6-11-5-8(2)9(3)12(11)7-10/h8-12H,4-7H2,1-3H3/t8?,9-,10?,11?,12?/m0/s1. The van der Waals surface area contributed by atoms with Crippen molar-refractivity contribution in [2.45, 2.75) is 46.5 Å². The molecule has 0 nitrogen and oxygen atoms in total. The molecule has 2 fully saturated rings. The van der Waals surface area contributed by atoms with Crippen LogP contribution >= 0.6 is 0 Å². The summed E-state index contributed by atoms with van der Waals surface area (Å²) in [5.41, 5.74) is 0. The number of hydrogen-bond acceptors (Lipinski definition) is 0. The number of hydrogen-bond donors (Lipinski definition) is 0. The Kier molecular flexibility index (Phi) is 2.18. The molecule has 0 bridgehead atoms. The van der Waals surface area contributed by atoms with Crippen molar-refractivity contribution >= 4 is 0 Å². The normalized spacial score (nSPS) is 52.8. The zero-order chi connectivity index (χ0) is 8.72. The lowest BCUT2D eigenvalue weighted by atomic mass is 9.89. The fourth-order valence-corrected chi connectivity index (χ4v) is 3.64. The van der Waals surface area contributed by atoms with E-state index in [9.17, 15) is 0 Å². The van der Waals surface area contributed by atoms with Crippen LogP contribution in [0.1, 0.15) is 46.5 Å². The van der Waals surface area contributed by atoms with Crippen molar-refractivity contribution < 1.29 is 0 Å². The SMILES string of the molecule is CCC1CC2CC(C)[C@H](C)C2C1. The van der Waals surface area contributed by atoms with Gasteiger partial charge in [0.2, 0.25) is 0 Å². The Hall–Kier alpha value is 0. The molecular weight excluding hydrogens is 144 g/mol. The minimum absolute atomic E-state index is 1.01. The first-order valence-electron chi connectivity index (χ1n) is 5.72. The molecule has 2 aliphatic carbocycles. The van der Waals surface area contributed by atoms with Gasteiger partial charge in [0.25, 0.3) is 0 Å². The van der Waals surface area contributed by atoms with E-state index in [-0.39, 0.29) is 0 Å². The van der Waals surface area contributed by atoms with E-state index in [1.807, 2.05) is 0 Å². The van der Waals surface area contributed by atoms with Gasteiger partial charge in [-0.3, -0.25) is 0 Å². The molecule has 2 saturated carbocycles. The van der Waals surface area contributed by atoms with Crippen molar-refractivity contribution in [3.63, 3.8) is 0 Å². The molecular formula is C12H22. The molecule has 2 rings (SSSR count). The molecule has 0 aliphatic heterocycles. The van der Waals surface area contributed by atoms with Crippen molar-refractivity contribution in [3.05, 3.63) is 0 Å².